The van der Waals surface area contributed by atoms with E-state index in [0.29, 0.717) is 5.41 Å². The molecule has 0 saturated heterocycles. The summed E-state index contributed by atoms with van der Waals surface area (Å²) < 4.78 is 2.28. The van der Waals surface area contributed by atoms with Crippen molar-refractivity contribution in [3.8, 4) is 39.6 Å². The molecule has 5 heteroatoms. The normalized spacial score (nSPS) is 14.9. The molecule has 39 heavy (non-hydrogen) atoms. The highest BCUT2D eigenvalue weighted by atomic mass is 15.2. The highest BCUT2D eigenvalue weighted by Crippen LogP contribution is 2.46. The van der Waals surface area contributed by atoms with Crippen LogP contribution in [-0.4, -0.2) is 19.5 Å². The number of fused-ring (bicyclic) bond motifs is 6. The van der Waals surface area contributed by atoms with Gasteiger partial charge in [0, 0.05) is 34.5 Å². The van der Waals surface area contributed by atoms with Gasteiger partial charge in [-0.25, -0.2) is 9.97 Å². The maximum absolute atomic E-state index is 5.38. The van der Waals surface area contributed by atoms with E-state index in [2.05, 4.69) is 94.6 Å². The maximum atomic E-state index is 5.38. The maximum Gasteiger partial charge on any atom is 0.154 e. The van der Waals surface area contributed by atoms with Crippen LogP contribution in [-0.2, 0) is 5.41 Å². The van der Waals surface area contributed by atoms with Gasteiger partial charge in [-0.3, -0.25) is 9.55 Å². The van der Waals surface area contributed by atoms with Crippen molar-refractivity contribution in [2.75, 3.05) is 5.32 Å². The van der Waals surface area contributed by atoms with E-state index in [-0.39, 0.29) is 0 Å². The second-order valence-electron chi connectivity index (χ2n) is 10.9. The number of imidazole rings is 1. The van der Waals surface area contributed by atoms with E-state index >= 15 is 0 Å². The molecule has 5 nitrogen and oxygen atoms in total. The summed E-state index contributed by atoms with van der Waals surface area (Å²) in [6, 6.07) is 32.1. The Morgan fingerprint density at radius 2 is 1.59 bits per heavy atom. The average molecular weight is 506 g/mol. The lowest BCUT2D eigenvalue weighted by atomic mass is 9.66. The van der Waals surface area contributed by atoms with Crippen LogP contribution in [0, 0.1) is 0 Å². The van der Waals surface area contributed by atoms with Gasteiger partial charge >= 0.3 is 0 Å². The Bertz CT molecular complexity index is 1880. The predicted molar refractivity (Wildman–Crippen MR) is 157 cm³/mol. The Morgan fingerprint density at radius 1 is 0.795 bits per heavy atom. The van der Waals surface area contributed by atoms with E-state index in [9.17, 15) is 0 Å². The molecule has 3 aromatic carbocycles. The number of nitrogens with one attached hydrogen (secondary N) is 1. The third-order valence-corrected chi connectivity index (χ3v) is 8.51. The summed E-state index contributed by atoms with van der Waals surface area (Å²) in [5.41, 5.74) is 9.92. The van der Waals surface area contributed by atoms with Crippen molar-refractivity contribution in [1.29, 1.82) is 0 Å². The van der Waals surface area contributed by atoms with Crippen LogP contribution in [0.2, 0.25) is 0 Å². The van der Waals surface area contributed by atoms with Crippen LogP contribution in [0.4, 0.5) is 11.5 Å². The number of rotatable bonds is 3. The van der Waals surface area contributed by atoms with E-state index in [0.717, 1.165) is 62.0 Å². The average Bonchev–Trinajstić information content (AvgIpc) is 3.30. The Balaban J connectivity index is 1.43. The van der Waals surface area contributed by atoms with E-state index in [1.807, 2.05) is 30.6 Å². The van der Waals surface area contributed by atoms with E-state index in [4.69, 9.17) is 9.97 Å². The minimum atomic E-state index is 0.292. The molecule has 0 amide bonds. The van der Waals surface area contributed by atoms with Crippen molar-refractivity contribution in [3.63, 3.8) is 0 Å². The molecule has 0 unspecified atom stereocenters. The van der Waals surface area contributed by atoms with Crippen molar-refractivity contribution in [2.24, 2.45) is 0 Å². The van der Waals surface area contributed by atoms with E-state index in [1.165, 1.54) is 24.8 Å². The number of aromatic nitrogens is 4. The molecule has 0 bridgehead atoms. The molecule has 0 spiro atoms. The SMILES string of the molecule is CC1(c2ccc(-c3c(-c4ccc5ncccc5c4)nc4n3-c3cccnc3Nc3ccccc3-4)cc2)CCC1. The monoisotopic (exact) mass is 505 g/mol. The highest BCUT2D eigenvalue weighted by Gasteiger charge is 2.34. The van der Waals surface area contributed by atoms with Gasteiger partial charge in [-0.2, -0.15) is 0 Å². The first-order valence-electron chi connectivity index (χ1n) is 13.6. The third kappa shape index (κ3) is 3.43. The first-order chi connectivity index (χ1) is 19.2. The number of benzene rings is 3. The van der Waals surface area contributed by atoms with Crippen LogP contribution >= 0.6 is 0 Å². The minimum absolute atomic E-state index is 0.292. The van der Waals surface area contributed by atoms with E-state index < -0.39 is 0 Å². The molecular formula is C34H27N5. The number of pyridine rings is 2. The molecule has 1 saturated carbocycles. The van der Waals surface area contributed by atoms with Crippen LogP contribution in [0.3, 0.4) is 0 Å². The standard InChI is InChI=1S/C34H27N5/c1-34(17-6-18-34)25-14-11-22(12-15-25)31-30(24-13-16-27-23(21-24)7-4-19-35-27)38-33-26-8-2-3-9-28(26)37-32-29(39(31)33)10-5-20-36-32/h2-5,7-16,19-21H,6,17-18H2,1H3,(H,36,37). The number of anilines is 2. The molecule has 6 aromatic rings. The van der Waals surface area contributed by atoms with Gasteiger partial charge in [0.1, 0.15) is 5.82 Å². The van der Waals surface area contributed by atoms with Gasteiger partial charge in [-0.1, -0.05) is 61.9 Å². The van der Waals surface area contributed by atoms with Crippen LogP contribution in [0.15, 0.2) is 103 Å². The van der Waals surface area contributed by atoms with Gasteiger partial charge in [0.05, 0.1) is 28.3 Å². The van der Waals surface area contributed by atoms with E-state index in [1.54, 1.807) is 0 Å². The Morgan fingerprint density at radius 3 is 2.44 bits per heavy atom. The molecule has 188 valence electrons. The molecular weight excluding hydrogens is 478 g/mol. The summed E-state index contributed by atoms with van der Waals surface area (Å²) >= 11 is 0. The molecule has 1 fully saturated rings. The first kappa shape index (κ1) is 22.2. The second kappa shape index (κ2) is 8.37. The van der Waals surface area contributed by atoms with Crippen molar-refractivity contribution >= 4 is 22.4 Å². The van der Waals surface area contributed by atoms with Crippen LogP contribution in [0.1, 0.15) is 31.7 Å². The van der Waals surface area contributed by atoms with Crippen molar-refractivity contribution in [2.45, 2.75) is 31.6 Å². The first-order valence-corrected chi connectivity index (χ1v) is 13.6. The lowest BCUT2D eigenvalue weighted by molar-refractivity contribution is 0.272. The number of hydrogen-bond acceptors (Lipinski definition) is 4. The summed E-state index contributed by atoms with van der Waals surface area (Å²) in [5, 5.41) is 4.66. The van der Waals surface area contributed by atoms with Gasteiger partial charge in [-0.15, -0.1) is 0 Å². The van der Waals surface area contributed by atoms with Crippen LogP contribution in [0.5, 0.6) is 0 Å². The zero-order valence-corrected chi connectivity index (χ0v) is 21.7. The minimum Gasteiger partial charge on any atom is -0.338 e. The second-order valence-corrected chi connectivity index (χ2v) is 10.9. The lowest BCUT2D eigenvalue weighted by Gasteiger charge is -2.39. The molecule has 4 heterocycles. The number of hydrogen-bond donors (Lipinski definition) is 1. The quantitative estimate of drug-likeness (QED) is 0.262. The van der Waals surface area contributed by atoms with Gasteiger partial charge in [0.15, 0.2) is 5.82 Å². The smallest absolute Gasteiger partial charge is 0.154 e. The van der Waals surface area contributed by atoms with Gasteiger partial charge in [-0.05, 0) is 66.3 Å². The molecule has 3 aromatic heterocycles. The summed E-state index contributed by atoms with van der Waals surface area (Å²) in [5.74, 6) is 1.71. The van der Waals surface area contributed by atoms with Crippen molar-refractivity contribution < 1.29 is 0 Å². The fourth-order valence-corrected chi connectivity index (χ4v) is 6.14. The summed E-state index contributed by atoms with van der Waals surface area (Å²) in [6.07, 6.45) is 7.50. The number of para-hydroxylation sites is 1. The Labute approximate surface area is 227 Å². The lowest BCUT2D eigenvalue weighted by Crippen LogP contribution is -2.30. The molecule has 0 atom stereocenters. The van der Waals surface area contributed by atoms with Gasteiger partial charge in [0.25, 0.3) is 0 Å². The van der Waals surface area contributed by atoms with Gasteiger partial charge in [0.2, 0.25) is 0 Å². The largest absolute Gasteiger partial charge is 0.338 e. The molecule has 1 aliphatic heterocycles. The van der Waals surface area contributed by atoms with Crippen LogP contribution in [0.25, 0.3) is 50.5 Å². The number of nitrogens with zero attached hydrogens (tertiary/aromatic N) is 4. The summed E-state index contributed by atoms with van der Waals surface area (Å²) in [4.78, 5) is 14.6. The Hall–Kier alpha value is -4.77. The fourth-order valence-electron chi connectivity index (χ4n) is 6.14. The molecule has 1 aliphatic carbocycles. The molecule has 2 aliphatic rings. The zero-order chi connectivity index (χ0) is 26.0. The summed E-state index contributed by atoms with van der Waals surface area (Å²) in [6.45, 7) is 2.38. The summed E-state index contributed by atoms with van der Waals surface area (Å²) in [7, 11) is 0. The highest BCUT2D eigenvalue weighted by molar-refractivity contribution is 5.93. The zero-order valence-electron chi connectivity index (χ0n) is 21.7. The fraction of sp³-hybridized carbons (Fsp3) is 0.147. The molecule has 8 rings (SSSR count). The Kier molecular flexibility index (Phi) is 4.77. The topological polar surface area (TPSA) is 55.6 Å². The van der Waals surface area contributed by atoms with Crippen molar-refractivity contribution in [1.82, 2.24) is 19.5 Å². The predicted octanol–water partition coefficient (Wildman–Crippen LogP) is 8.32. The van der Waals surface area contributed by atoms with Gasteiger partial charge < -0.3 is 5.32 Å². The molecule has 0 radical (unpaired) electrons. The van der Waals surface area contributed by atoms with Crippen LogP contribution < -0.4 is 5.32 Å². The molecule has 1 N–H and O–H groups in total. The van der Waals surface area contributed by atoms with Crippen molar-refractivity contribution in [3.05, 3.63) is 109 Å². The third-order valence-electron chi connectivity index (χ3n) is 8.51.